The highest BCUT2D eigenvalue weighted by Gasteiger charge is 2.43. The number of H-pyrrole nitrogens is 2. The van der Waals surface area contributed by atoms with Gasteiger partial charge in [-0.3, -0.25) is 9.59 Å². The number of aromatic nitrogens is 3. The molecular weight excluding hydrogens is 531 g/mol. The van der Waals surface area contributed by atoms with Crippen LogP contribution in [-0.2, 0) is 17.6 Å². The fourth-order valence-electron chi connectivity index (χ4n) is 6.90. The summed E-state index contributed by atoms with van der Waals surface area (Å²) in [7, 11) is 0. The number of alkyl halides is 1. The Balaban J connectivity index is 1.54. The number of hydrogen-bond acceptors (Lipinski definition) is 3. The van der Waals surface area contributed by atoms with Crippen molar-refractivity contribution < 1.29 is 9.18 Å². The van der Waals surface area contributed by atoms with Crippen molar-refractivity contribution in [1.29, 1.82) is 0 Å². The number of nitrogens with two attached hydrogens (primary N) is 1. The van der Waals surface area contributed by atoms with Crippen molar-refractivity contribution in [3.63, 3.8) is 0 Å². The van der Waals surface area contributed by atoms with Crippen LogP contribution in [-0.4, -0.2) is 25.8 Å². The first-order valence-corrected chi connectivity index (χ1v) is 14.2. The number of para-hydroxylation sites is 1. The molecule has 2 aliphatic carbocycles. The topological polar surface area (TPSA) is 114 Å². The zero-order chi connectivity index (χ0) is 28.5. The van der Waals surface area contributed by atoms with Crippen LogP contribution in [0.1, 0.15) is 72.2 Å². The van der Waals surface area contributed by atoms with Gasteiger partial charge < -0.3 is 15.7 Å². The van der Waals surface area contributed by atoms with Gasteiger partial charge in [-0.05, 0) is 84.9 Å². The molecule has 1 amide bonds. The number of carbonyl (C=O) groups excluding carboxylic acids is 1. The zero-order valence-corrected chi connectivity index (χ0v) is 23.4. The number of nitrogens with one attached hydrogen (secondary N) is 2. The molecule has 0 fully saturated rings. The second-order valence-electron chi connectivity index (χ2n) is 11.6. The first-order valence-electron chi connectivity index (χ1n) is 13.8. The number of primary amides is 1. The fourth-order valence-corrected chi connectivity index (χ4v) is 7.34. The van der Waals surface area contributed by atoms with Gasteiger partial charge in [-0.15, -0.1) is 11.6 Å². The minimum Gasteiger partial charge on any atom is -0.369 e. The molecule has 0 saturated carbocycles. The Morgan fingerprint density at radius 3 is 2.62 bits per heavy atom. The van der Waals surface area contributed by atoms with E-state index < -0.39 is 34.3 Å². The van der Waals surface area contributed by atoms with Crippen molar-refractivity contribution in [2.24, 2.45) is 17.6 Å². The molecule has 2 aliphatic rings. The highest BCUT2D eigenvalue weighted by molar-refractivity contribution is 6.22. The summed E-state index contributed by atoms with van der Waals surface area (Å²) in [5.74, 6) is -0.757. The Morgan fingerprint density at radius 1 is 1.15 bits per heavy atom. The molecule has 0 spiro atoms. The van der Waals surface area contributed by atoms with Crippen molar-refractivity contribution in [3.8, 4) is 5.69 Å². The largest absolute Gasteiger partial charge is 0.369 e. The Bertz CT molecular complexity index is 1790. The number of rotatable bonds is 4. The second kappa shape index (κ2) is 9.77. The van der Waals surface area contributed by atoms with E-state index in [-0.39, 0.29) is 16.8 Å². The van der Waals surface area contributed by atoms with Gasteiger partial charge in [-0.2, -0.15) is 0 Å². The average molecular weight is 563 g/mol. The van der Waals surface area contributed by atoms with Gasteiger partial charge in [0.25, 0.3) is 5.56 Å². The maximum absolute atomic E-state index is 14.3. The zero-order valence-electron chi connectivity index (χ0n) is 22.7. The lowest BCUT2D eigenvalue weighted by molar-refractivity contribution is -0.119. The van der Waals surface area contributed by atoms with Crippen LogP contribution in [0.15, 0.2) is 46.0 Å². The monoisotopic (exact) mass is 562 g/mol. The number of fused-ring (bicyclic) bond motifs is 4. The third-order valence-electron chi connectivity index (χ3n) is 9.07. The van der Waals surface area contributed by atoms with E-state index in [4.69, 9.17) is 17.3 Å². The molecule has 4 unspecified atom stereocenters. The van der Waals surface area contributed by atoms with Crippen LogP contribution < -0.4 is 17.0 Å². The lowest BCUT2D eigenvalue weighted by atomic mass is 9.71. The van der Waals surface area contributed by atoms with Gasteiger partial charge in [0.15, 0.2) is 0 Å². The molecule has 2 aromatic carbocycles. The predicted octanol–water partition coefficient (Wildman–Crippen LogP) is 4.93. The number of amides is 1. The van der Waals surface area contributed by atoms with Gasteiger partial charge in [0.1, 0.15) is 5.82 Å². The van der Waals surface area contributed by atoms with Crippen molar-refractivity contribution in [2.45, 2.75) is 63.7 Å². The number of aromatic amines is 2. The molecule has 2 heterocycles. The van der Waals surface area contributed by atoms with E-state index in [0.29, 0.717) is 23.9 Å². The summed E-state index contributed by atoms with van der Waals surface area (Å²) >= 11 is 7.09. The van der Waals surface area contributed by atoms with Crippen molar-refractivity contribution in [2.75, 3.05) is 0 Å². The normalized spacial score (nSPS) is 22.4. The van der Waals surface area contributed by atoms with E-state index in [9.17, 15) is 18.8 Å². The van der Waals surface area contributed by atoms with Crippen LogP contribution in [0.2, 0.25) is 0 Å². The lowest BCUT2D eigenvalue weighted by Gasteiger charge is -2.35. The Morgan fingerprint density at radius 2 is 1.90 bits per heavy atom. The van der Waals surface area contributed by atoms with E-state index in [1.54, 1.807) is 12.1 Å². The van der Waals surface area contributed by atoms with E-state index >= 15 is 0 Å². The molecule has 7 nitrogen and oxygen atoms in total. The number of halogens is 2. The van der Waals surface area contributed by atoms with Crippen LogP contribution in [0.5, 0.6) is 0 Å². The van der Waals surface area contributed by atoms with Gasteiger partial charge >= 0.3 is 5.69 Å². The molecule has 4 N–H and O–H groups in total. The number of hydrogen-bond donors (Lipinski definition) is 3. The quantitative estimate of drug-likeness (QED) is 0.306. The Labute approximate surface area is 235 Å². The van der Waals surface area contributed by atoms with Gasteiger partial charge in [0.05, 0.1) is 22.5 Å². The number of carbonyl (C=O) groups is 1. The predicted molar refractivity (Wildman–Crippen MR) is 154 cm³/mol. The molecule has 0 saturated heterocycles. The first-order chi connectivity index (χ1) is 19.1. The van der Waals surface area contributed by atoms with Crippen LogP contribution in [0.4, 0.5) is 4.39 Å². The highest BCUT2D eigenvalue weighted by atomic mass is 35.5. The maximum atomic E-state index is 14.3. The molecule has 208 valence electrons. The first kappa shape index (κ1) is 26.6. The molecule has 0 aliphatic heterocycles. The summed E-state index contributed by atoms with van der Waals surface area (Å²) in [5, 5.41) is -0.342. The van der Waals surface area contributed by atoms with E-state index in [1.165, 1.54) is 23.8 Å². The molecule has 6 rings (SSSR count). The second-order valence-corrected chi connectivity index (χ2v) is 12.1. The van der Waals surface area contributed by atoms with Gasteiger partial charge in [-0.25, -0.2) is 13.8 Å². The van der Waals surface area contributed by atoms with E-state index in [2.05, 4.69) is 23.8 Å². The fraction of sp³-hybridized carbons (Fsp3) is 0.387. The number of nitrogens with zero attached hydrogens (tertiary/aromatic N) is 1. The van der Waals surface area contributed by atoms with Gasteiger partial charge in [-0.1, -0.05) is 32.0 Å². The van der Waals surface area contributed by atoms with Gasteiger partial charge in [0, 0.05) is 22.7 Å². The molecular formula is C31H32ClFN4O3. The molecule has 4 atom stereocenters. The summed E-state index contributed by atoms with van der Waals surface area (Å²) in [6.07, 6.45) is 3.21. The summed E-state index contributed by atoms with van der Waals surface area (Å²) in [6, 6.07) is 9.62. The average Bonchev–Trinajstić information content (AvgIpc) is 3.28. The summed E-state index contributed by atoms with van der Waals surface area (Å²) < 4.78 is 15.4. The third-order valence-corrected chi connectivity index (χ3v) is 9.50. The molecule has 0 bridgehead atoms. The van der Waals surface area contributed by atoms with Crippen molar-refractivity contribution >= 4 is 28.4 Å². The molecule has 9 heteroatoms. The minimum absolute atomic E-state index is 0.0864. The third kappa shape index (κ3) is 4.03. The molecule has 40 heavy (non-hydrogen) atoms. The minimum atomic E-state index is -0.720. The maximum Gasteiger partial charge on any atom is 0.333 e. The van der Waals surface area contributed by atoms with Crippen LogP contribution in [0, 0.1) is 24.6 Å². The molecule has 0 radical (unpaired) electrons. The smallest absolute Gasteiger partial charge is 0.333 e. The van der Waals surface area contributed by atoms with Crippen LogP contribution >= 0.6 is 11.6 Å². The standard InChI is InChI=1S/C31H32ClFN4O3/c1-14(2)16-10-11-18-23(12-16)35-28-20(29(34)38)13-21(32)25(26(18)28)17-6-5-9-24(15(17)3)37-30(39)19-7-4-8-22(33)27(19)36-31(37)40/h4-9,14,16,20-21,25,35H,10-13H2,1-3H3,(H2,34,38)(H,36,40). The number of benzene rings is 2. The summed E-state index contributed by atoms with van der Waals surface area (Å²) in [5.41, 5.74) is 10.6. The Kier molecular flexibility index (Phi) is 6.49. The SMILES string of the molecule is Cc1c(C2c3c([nH]c4c3CCC(C(C)C)C4)C(C(N)=O)CC2Cl)cccc1-n1c(=O)[nH]c2c(F)cccc2c1=O. The van der Waals surface area contributed by atoms with E-state index in [1.807, 2.05) is 13.0 Å². The molecule has 2 aromatic heterocycles. The van der Waals surface area contributed by atoms with Crippen LogP contribution in [0.25, 0.3) is 16.6 Å². The molecule has 4 aromatic rings. The van der Waals surface area contributed by atoms with Gasteiger partial charge in [0.2, 0.25) is 5.91 Å². The van der Waals surface area contributed by atoms with E-state index in [0.717, 1.165) is 51.9 Å². The van der Waals surface area contributed by atoms with Crippen LogP contribution in [0.3, 0.4) is 0 Å². The Hall–Kier alpha value is -3.65. The summed E-state index contributed by atoms with van der Waals surface area (Å²) in [4.78, 5) is 45.2. The van der Waals surface area contributed by atoms with Crippen molar-refractivity contribution in [3.05, 3.63) is 96.7 Å². The summed E-state index contributed by atoms with van der Waals surface area (Å²) in [6.45, 7) is 6.34. The highest BCUT2D eigenvalue weighted by Crippen LogP contribution is 2.50. The lowest BCUT2D eigenvalue weighted by Crippen LogP contribution is -2.35. The van der Waals surface area contributed by atoms with Crippen molar-refractivity contribution in [1.82, 2.24) is 14.5 Å².